The van der Waals surface area contributed by atoms with Crippen molar-refractivity contribution in [2.45, 2.75) is 52.6 Å². The maximum Gasteiger partial charge on any atom is 0.279 e. The molecule has 0 spiro atoms. The van der Waals surface area contributed by atoms with Crippen molar-refractivity contribution in [2.24, 2.45) is 0 Å². The first kappa shape index (κ1) is 22.9. The maximum absolute atomic E-state index is 12.2. The van der Waals surface area contributed by atoms with Crippen LogP contribution in [0.4, 0.5) is 5.69 Å². The summed E-state index contributed by atoms with van der Waals surface area (Å²) >= 11 is 0. The number of hydrazine groups is 1. The monoisotopic (exact) mass is 411 g/mol. The molecule has 0 bridgehead atoms. The molecular weight excluding hydrogens is 382 g/mol. The molecule has 0 unspecified atom stereocenters. The Labute approximate surface area is 177 Å². The number of amides is 3. The molecule has 0 saturated heterocycles. The van der Waals surface area contributed by atoms with Gasteiger partial charge in [-0.1, -0.05) is 32.9 Å². The van der Waals surface area contributed by atoms with Crippen molar-refractivity contribution in [2.75, 3.05) is 5.32 Å². The molecule has 0 aliphatic heterocycles. The Kier molecular flexibility index (Phi) is 8.41. The molecule has 0 aliphatic carbocycles. The lowest BCUT2D eigenvalue weighted by Crippen LogP contribution is -2.47. The minimum atomic E-state index is -0.786. The summed E-state index contributed by atoms with van der Waals surface area (Å²) in [5, 5.41) is 2.75. The first-order valence-electron chi connectivity index (χ1n) is 10.1. The second-order valence-corrected chi connectivity index (χ2v) is 7.30. The number of carbonyl (C=O) groups excluding carboxylic acids is 3. The summed E-state index contributed by atoms with van der Waals surface area (Å²) in [7, 11) is 0. The van der Waals surface area contributed by atoms with E-state index in [1.807, 2.05) is 31.2 Å². The fourth-order valence-corrected chi connectivity index (χ4v) is 2.64. The van der Waals surface area contributed by atoms with Gasteiger partial charge in [0.25, 0.3) is 11.8 Å². The Morgan fingerprint density at radius 1 is 0.900 bits per heavy atom. The lowest BCUT2D eigenvalue weighted by Gasteiger charge is -2.16. The largest absolute Gasteiger partial charge is 0.481 e. The van der Waals surface area contributed by atoms with E-state index in [0.29, 0.717) is 29.3 Å². The molecule has 0 saturated carbocycles. The van der Waals surface area contributed by atoms with Crippen LogP contribution in [0.1, 0.15) is 62.4 Å². The number of nitrogens with one attached hydrogen (secondary N) is 3. The summed E-state index contributed by atoms with van der Waals surface area (Å²) < 4.78 is 5.62. The molecule has 30 heavy (non-hydrogen) atoms. The molecule has 0 aliphatic rings. The number of rotatable bonds is 8. The number of ether oxygens (including phenoxy) is 1. The third kappa shape index (κ3) is 6.92. The Hall–Kier alpha value is -3.35. The molecule has 7 nitrogen and oxygen atoms in total. The normalized spacial score (nSPS) is 11.5. The third-order valence-corrected chi connectivity index (χ3v) is 4.44. The van der Waals surface area contributed by atoms with Crippen molar-refractivity contribution in [1.29, 1.82) is 0 Å². The summed E-state index contributed by atoms with van der Waals surface area (Å²) in [5.74, 6) is -0.0245. The fraction of sp³-hybridized carbons (Fsp3) is 0.348. The zero-order valence-corrected chi connectivity index (χ0v) is 17.8. The van der Waals surface area contributed by atoms with Crippen LogP contribution in [0, 0.1) is 0 Å². The van der Waals surface area contributed by atoms with Crippen molar-refractivity contribution >= 4 is 23.4 Å². The molecule has 7 heteroatoms. The highest BCUT2D eigenvalue weighted by atomic mass is 16.5. The van der Waals surface area contributed by atoms with Gasteiger partial charge in [0, 0.05) is 17.7 Å². The van der Waals surface area contributed by atoms with Crippen LogP contribution in [0.25, 0.3) is 0 Å². The van der Waals surface area contributed by atoms with Crippen molar-refractivity contribution in [3.8, 4) is 5.75 Å². The van der Waals surface area contributed by atoms with Crippen LogP contribution in [0.15, 0.2) is 48.5 Å². The van der Waals surface area contributed by atoms with Gasteiger partial charge in [-0.3, -0.25) is 25.2 Å². The van der Waals surface area contributed by atoms with Crippen LogP contribution in [0.2, 0.25) is 0 Å². The number of hydrogen-bond donors (Lipinski definition) is 3. The number of hydrogen-bond acceptors (Lipinski definition) is 4. The van der Waals surface area contributed by atoms with Crippen LogP contribution >= 0.6 is 0 Å². The zero-order valence-electron chi connectivity index (χ0n) is 17.8. The lowest BCUT2D eigenvalue weighted by molar-refractivity contribution is -0.128. The summed E-state index contributed by atoms with van der Waals surface area (Å²) in [6.45, 7) is 7.73. The molecule has 160 valence electrons. The predicted molar refractivity (Wildman–Crippen MR) is 116 cm³/mol. The standard InChI is InChI=1S/C23H29N3O4/c1-5-6-21(27)24-19-11-7-18(8-12-19)23(29)26-25-22(28)16(4)30-20-13-9-17(10-14-20)15(2)3/h7-16H,5-6H2,1-4H3,(H,24,27)(H,25,28)(H,26,29)/t16-/m0/s1. The zero-order chi connectivity index (χ0) is 22.1. The Bertz CT molecular complexity index is 861. The van der Waals surface area contributed by atoms with Crippen molar-refractivity contribution in [3.63, 3.8) is 0 Å². The molecule has 0 aromatic heterocycles. The quantitative estimate of drug-likeness (QED) is 0.576. The molecule has 0 heterocycles. The van der Waals surface area contributed by atoms with E-state index in [-0.39, 0.29) is 5.91 Å². The Balaban J connectivity index is 1.83. The first-order chi connectivity index (χ1) is 14.3. The Morgan fingerprint density at radius 2 is 1.53 bits per heavy atom. The van der Waals surface area contributed by atoms with Crippen LogP contribution in [-0.4, -0.2) is 23.8 Å². The lowest BCUT2D eigenvalue weighted by atomic mass is 10.0. The summed E-state index contributed by atoms with van der Waals surface area (Å²) in [6.07, 6.45) is 0.416. The van der Waals surface area contributed by atoms with Gasteiger partial charge in [0.05, 0.1) is 0 Å². The molecule has 0 radical (unpaired) electrons. The van der Waals surface area contributed by atoms with Gasteiger partial charge in [0.1, 0.15) is 5.75 Å². The van der Waals surface area contributed by atoms with E-state index >= 15 is 0 Å². The molecule has 2 rings (SSSR count). The van der Waals surface area contributed by atoms with E-state index in [1.165, 1.54) is 5.56 Å². The summed E-state index contributed by atoms with van der Waals surface area (Å²) in [6, 6.07) is 14.0. The van der Waals surface area contributed by atoms with Gasteiger partial charge in [0.15, 0.2) is 6.10 Å². The number of benzene rings is 2. The second-order valence-electron chi connectivity index (χ2n) is 7.30. The minimum absolute atomic E-state index is 0.0743. The van der Waals surface area contributed by atoms with Crippen LogP contribution < -0.4 is 20.9 Å². The smallest absolute Gasteiger partial charge is 0.279 e. The minimum Gasteiger partial charge on any atom is -0.481 e. The first-order valence-corrected chi connectivity index (χ1v) is 10.1. The van der Waals surface area contributed by atoms with Crippen molar-refractivity contribution in [3.05, 3.63) is 59.7 Å². The highest BCUT2D eigenvalue weighted by molar-refractivity contribution is 5.97. The average Bonchev–Trinajstić information content (AvgIpc) is 2.72. The van der Waals surface area contributed by atoms with Crippen molar-refractivity contribution in [1.82, 2.24) is 10.9 Å². The van der Waals surface area contributed by atoms with Gasteiger partial charge in [-0.25, -0.2) is 0 Å². The summed E-state index contributed by atoms with van der Waals surface area (Å²) in [5.41, 5.74) is 6.87. The van der Waals surface area contributed by atoms with Crippen LogP contribution in [0.3, 0.4) is 0 Å². The number of anilines is 1. The average molecular weight is 412 g/mol. The van der Waals surface area contributed by atoms with Gasteiger partial charge in [-0.05, 0) is 61.2 Å². The van der Waals surface area contributed by atoms with Gasteiger partial charge >= 0.3 is 0 Å². The predicted octanol–water partition coefficient (Wildman–Crippen LogP) is 3.78. The second kappa shape index (κ2) is 11.0. The van der Waals surface area contributed by atoms with Crippen molar-refractivity contribution < 1.29 is 19.1 Å². The van der Waals surface area contributed by atoms with E-state index in [4.69, 9.17) is 4.74 Å². The van der Waals surface area contributed by atoms with E-state index < -0.39 is 17.9 Å². The molecule has 1 atom stereocenters. The molecule has 2 aromatic carbocycles. The molecule has 3 amide bonds. The number of carbonyl (C=O) groups is 3. The molecule has 2 aromatic rings. The van der Waals surface area contributed by atoms with Crippen LogP contribution in [-0.2, 0) is 9.59 Å². The van der Waals surface area contributed by atoms with E-state index in [1.54, 1.807) is 31.2 Å². The summed E-state index contributed by atoms with van der Waals surface area (Å²) in [4.78, 5) is 36.0. The SMILES string of the molecule is CCCC(=O)Nc1ccc(C(=O)NNC(=O)[C@H](C)Oc2ccc(C(C)C)cc2)cc1. The van der Waals surface area contributed by atoms with E-state index in [9.17, 15) is 14.4 Å². The van der Waals surface area contributed by atoms with E-state index in [0.717, 1.165) is 6.42 Å². The maximum atomic E-state index is 12.2. The molecular formula is C23H29N3O4. The fourth-order valence-electron chi connectivity index (χ4n) is 2.64. The van der Waals surface area contributed by atoms with Gasteiger partial charge in [-0.15, -0.1) is 0 Å². The van der Waals surface area contributed by atoms with E-state index in [2.05, 4.69) is 30.0 Å². The molecule has 0 fully saturated rings. The van der Waals surface area contributed by atoms with Gasteiger partial charge in [-0.2, -0.15) is 0 Å². The molecule has 3 N–H and O–H groups in total. The van der Waals surface area contributed by atoms with Gasteiger partial charge < -0.3 is 10.1 Å². The topological polar surface area (TPSA) is 96.5 Å². The highest BCUT2D eigenvalue weighted by Crippen LogP contribution is 2.19. The highest BCUT2D eigenvalue weighted by Gasteiger charge is 2.16. The Morgan fingerprint density at radius 3 is 2.10 bits per heavy atom. The van der Waals surface area contributed by atoms with Crippen LogP contribution in [0.5, 0.6) is 5.75 Å². The van der Waals surface area contributed by atoms with Gasteiger partial charge in [0.2, 0.25) is 5.91 Å². The third-order valence-electron chi connectivity index (χ3n) is 4.44.